The minimum Gasteiger partial charge on any atom is -0.382 e. The monoisotopic (exact) mass is 590 g/mol. The smallest absolute Gasteiger partial charge is 0.382 e. The number of anilines is 1. The molecule has 6 heterocycles. The zero-order valence-electron chi connectivity index (χ0n) is 21.7. The molecule has 0 radical (unpaired) electrons. The van der Waals surface area contributed by atoms with Crippen LogP contribution < -0.4 is 5.73 Å². The molecule has 0 aliphatic carbocycles. The second-order valence-corrected chi connectivity index (χ2v) is 12.5. The first-order valence-corrected chi connectivity index (χ1v) is 14.7. The molecule has 216 valence electrons. The van der Waals surface area contributed by atoms with E-state index in [0.29, 0.717) is 36.1 Å². The molecule has 16 heteroatoms. The number of carbonyl (C=O) groups excluding carboxylic acids is 1. The normalized spacial score (nSPS) is 23.3. The number of amides is 1. The van der Waals surface area contributed by atoms with Crippen molar-refractivity contribution in [2.24, 2.45) is 10.2 Å². The first-order chi connectivity index (χ1) is 19.3. The number of nitrogen functional groups attached to an aromatic ring is 1. The summed E-state index contributed by atoms with van der Waals surface area (Å²) in [5.41, 5.74) is 7.37. The SMILES string of the molecule is CS(=O)(=O)c1c(C2CC3CC[C@H](C2)N3C(=O)C2=NN=CC2)nc2c(-c3ccc(C(O)C(F)(F)F)nc3)cnn2c1N. The van der Waals surface area contributed by atoms with Crippen molar-refractivity contribution in [1.29, 1.82) is 0 Å². The molecule has 0 spiro atoms. The number of rotatable bonds is 5. The number of hydrogen-bond acceptors (Lipinski definition) is 10. The lowest BCUT2D eigenvalue weighted by molar-refractivity contribution is -0.207. The van der Waals surface area contributed by atoms with Gasteiger partial charge < -0.3 is 15.7 Å². The molecule has 6 rings (SSSR count). The van der Waals surface area contributed by atoms with Gasteiger partial charge in [0, 0.05) is 54.2 Å². The van der Waals surface area contributed by atoms with Gasteiger partial charge in [0.1, 0.15) is 16.4 Å². The van der Waals surface area contributed by atoms with Crippen LogP contribution in [-0.2, 0) is 14.6 Å². The van der Waals surface area contributed by atoms with Gasteiger partial charge in [-0.15, -0.1) is 5.10 Å². The number of halogens is 3. The van der Waals surface area contributed by atoms with Gasteiger partial charge in [0.15, 0.2) is 21.6 Å². The number of sulfone groups is 1. The molecule has 41 heavy (non-hydrogen) atoms. The lowest BCUT2D eigenvalue weighted by Gasteiger charge is -2.39. The summed E-state index contributed by atoms with van der Waals surface area (Å²) in [5.74, 6) is -0.635. The van der Waals surface area contributed by atoms with Gasteiger partial charge >= 0.3 is 6.18 Å². The third-order valence-corrected chi connectivity index (χ3v) is 9.03. The first-order valence-electron chi connectivity index (χ1n) is 12.8. The van der Waals surface area contributed by atoms with Gasteiger partial charge in [0.2, 0.25) is 0 Å². The van der Waals surface area contributed by atoms with Crippen LogP contribution >= 0.6 is 0 Å². The maximum absolute atomic E-state index is 13.1. The second kappa shape index (κ2) is 9.58. The third kappa shape index (κ3) is 4.64. The largest absolute Gasteiger partial charge is 0.420 e. The fraction of sp³-hybridized carbons (Fsp3) is 0.440. The maximum Gasteiger partial charge on any atom is 0.420 e. The van der Waals surface area contributed by atoms with Crippen molar-refractivity contribution in [1.82, 2.24) is 24.5 Å². The number of aromatic nitrogens is 4. The van der Waals surface area contributed by atoms with Crippen LogP contribution in [0.15, 0.2) is 39.6 Å². The van der Waals surface area contributed by atoms with E-state index in [2.05, 4.69) is 20.3 Å². The van der Waals surface area contributed by atoms with Gasteiger partial charge in [-0.1, -0.05) is 6.07 Å². The topological polar surface area (TPSA) is 168 Å². The summed E-state index contributed by atoms with van der Waals surface area (Å²) in [5, 5.41) is 21.4. The van der Waals surface area contributed by atoms with E-state index in [1.807, 2.05) is 4.90 Å². The molecule has 3 aliphatic rings. The van der Waals surface area contributed by atoms with E-state index < -0.39 is 27.8 Å². The Kier molecular flexibility index (Phi) is 6.37. The summed E-state index contributed by atoms with van der Waals surface area (Å²) < 4.78 is 65.8. The van der Waals surface area contributed by atoms with Crippen molar-refractivity contribution in [3.05, 3.63) is 35.9 Å². The number of piperidine rings is 1. The fourth-order valence-corrected chi connectivity index (χ4v) is 7.12. The highest BCUT2D eigenvalue weighted by Gasteiger charge is 2.46. The molecule has 0 saturated carbocycles. The van der Waals surface area contributed by atoms with Crippen LogP contribution in [0.5, 0.6) is 0 Å². The Morgan fingerprint density at radius 1 is 1.17 bits per heavy atom. The summed E-state index contributed by atoms with van der Waals surface area (Å²) in [6.07, 6.45) is 0.368. The Labute approximate surface area is 231 Å². The van der Waals surface area contributed by atoms with Gasteiger partial charge in [-0.3, -0.25) is 9.78 Å². The quantitative estimate of drug-likeness (QED) is 0.457. The number of alkyl halides is 3. The minimum absolute atomic E-state index is 0.137. The molecule has 1 amide bonds. The Bertz CT molecular complexity index is 1700. The highest BCUT2D eigenvalue weighted by atomic mass is 32.2. The predicted octanol–water partition coefficient (Wildman–Crippen LogP) is 2.44. The van der Waals surface area contributed by atoms with E-state index in [4.69, 9.17) is 10.7 Å². The van der Waals surface area contributed by atoms with Gasteiger partial charge in [0.25, 0.3) is 5.91 Å². The maximum atomic E-state index is 13.1. The molecule has 3 aromatic heterocycles. The molecule has 3 unspecified atom stereocenters. The Morgan fingerprint density at radius 2 is 1.88 bits per heavy atom. The van der Waals surface area contributed by atoms with Crippen molar-refractivity contribution < 1.29 is 31.5 Å². The van der Waals surface area contributed by atoms with Crippen LogP contribution in [0.25, 0.3) is 16.8 Å². The number of hydrogen-bond donors (Lipinski definition) is 2. The highest BCUT2D eigenvalue weighted by molar-refractivity contribution is 7.91. The standard InChI is InChI=1S/C25H25F3N8O4S/c1-41(39,40)20-19(13-8-14-3-4-15(9-13)35(14)24(38)18-6-7-31-34-18)33-23-16(11-32-36(23)22(20)29)12-2-5-17(30-10-12)21(37)25(26,27)28/h2,5,7,10-11,13-15,21,37H,3-4,6,8-9,29H2,1H3/t13?,14-,15?,21?/m1/s1. The van der Waals surface area contributed by atoms with Crippen LogP contribution in [0, 0.1) is 0 Å². The number of aliphatic hydroxyl groups is 1. The molecule has 0 aromatic carbocycles. The fourth-order valence-electron chi connectivity index (χ4n) is 6.06. The van der Waals surface area contributed by atoms with Gasteiger partial charge in [-0.25, -0.2) is 13.4 Å². The van der Waals surface area contributed by atoms with E-state index in [0.717, 1.165) is 31.4 Å². The van der Waals surface area contributed by atoms with Crippen LogP contribution in [-0.4, -0.2) is 80.4 Å². The van der Waals surface area contributed by atoms with E-state index in [9.17, 15) is 31.5 Å². The van der Waals surface area contributed by atoms with Crippen LogP contribution in [0.1, 0.15) is 55.5 Å². The minimum atomic E-state index is -4.87. The number of nitrogens with two attached hydrogens (primary N) is 1. The first kappa shape index (κ1) is 27.3. The lowest BCUT2D eigenvalue weighted by atomic mass is 9.87. The summed E-state index contributed by atoms with van der Waals surface area (Å²) in [6.45, 7) is 0. The molecular weight excluding hydrogens is 565 g/mol. The van der Waals surface area contributed by atoms with Crippen molar-refractivity contribution >= 4 is 39.1 Å². The van der Waals surface area contributed by atoms with Gasteiger partial charge in [0.05, 0.1) is 17.6 Å². The van der Waals surface area contributed by atoms with Crippen LogP contribution in [0.4, 0.5) is 19.0 Å². The van der Waals surface area contributed by atoms with E-state index in [1.165, 1.54) is 16.8 Å². The molecule has 2 saturated heterocycles. The molecule has 2 bridgehead atoms. The highest BCUT2D eigenvalue weighted by Crippen LogP contribution is 2.45. The van der Waals surface area contributed by atoms with Crippen LogP contribution in [0.2, 0.25) is 0 Å². The third-order valence-electron chi connectivity index (χ3n) is 7.87. The van der Waals surface area contributed by atoms with Crippen molar-refractivity contribution in [2.75, 3.05) is 12.0 Å². The predicted molar refractivity (Wildman–Crippen MR) is 141 cm³/mol. The summed E-state index contributed by atoms with van der Waals surface area (Å²) >= 11 is 0. The van der Waals surface area contributed by atoms with Crippen LogP contribution in [0.3, 0.4) is 0 Å². The molecule has 2 fully saturated rings. The van der Waals surface area contributed by atoms with Crippen molar-refractivity contribution in [3.63, 3.8) is 0 Å². The number of carbonyl (C=O) groups is 1. The Balaban J connectivity index is 1.39. The molecule has 3 N–H and O–H groups in total. The number of aliphatic hydroxyl groups excluding tert-OH is 1. The molecule has 4 atom stereocenters. The average Bonchev–Trinajstić information content (AvgIpc) is 3.65. The van der Waals surface area contributed by atoms with Crippen molar-refractivity contribution in [2.45, 2.75) is 67.3 Å². The zero-order chi connectivity index (χ0) is 29.3. The number of nitrogens with zero attached hydrogens (tertiary/aromatic N) is 7. The molecule has 12 nitrogen and oxygen atoms in total. The Hall–Kier alpha value is -3.92. The lowest BCUT2D eigenvalue weighted by Crippen LogP contribution is -2.48. The summed E-state index contributed by atoms with van der Waals surface area (Å²) in [7, 11) is -3.86. The molecular formula is C25H25F3N8O4S. The van der Waals surface area contributed by atoms with E-state index >= 15 is 0 Å². The number of fused-ring (bicyclic) bond motifs is 3. The summed E-state index contributed by atoms with van der Waals surface area (Å²) in [4.78, 5) is 23.3. The molecule has 3 aromatic rings. The second-order valence-electron chi connectivity index (χ2n) is 10.5. The summed E-state index contributed by atoms with van der Waals surface area (Å²) in [6, 6.07) is 2.12. The van der Waals surface area contributed by atoms with E-state index in [-0.39, 0.29) is 46.0 Å². The van der Waals surface area contributed by atoms with Gasteiger partial charge in [-0.05, 0) is 31.7 Å². The molecule has 3 aliphatic heterocycles. The van der Waals surface area contributed by atoms with Gasteiger partial charge in [-0.2, -0.15) is 27.9 Å². The average molecular weight is 591 g/mol. The zero-order valence-corrected chi connectivity index (χ0v) is 22.5. The Morgan fingerprint density at radius 3 is 2.44 bits per heavy atom. The number of pyridine rings is 1. The van der Waals surface area contributed by atoms with E-state index in [1.54, 1.807) is 6.21 Å². The van der Waals surface area contributed by atoms with Crippen molar-refractivity contribution in [3.8, 4) is 11.1 Å².